The third-order valence-corrected chi connectivity index (χ3v) is 4.98. The van der Waals surface area contributed by atoms with Crippen LogP contribution in [0.2, 0.25) is 0 Å². The summed E-state index contributed by atoms with van der Waals surface area (Å²) in [5.41, 5.74) is -0.848. The van der Waals surface area contributed by atoms with E-state index < -0.39 is 17.8 Å². The number of rotatable bonds is 3. The van der Waals surface area contributed by atoms with Gasteiger partial charge in [-0.3, -0.25) is 4.79 Å². The molecule has 3 aromatic rings. The number of carbonyl (C=O) groups is 1. The van der Waals surface area contributed by atoms with E-state index in [1.807, 2.05) is 4.68 Å². The second-order valence-corrected chi connectivity index (χ2v) is 6.93. The fourth-order valence-corrected chi connectivity index (χ4v) is 3.60. The van der Waals surface area contributed by atoms with E-state index in [2.05, 4.69) is 25.5 Å². The molecule has 0 unspecified atom stereocenters. The molecule has 4 rings (SSSR count). The van der Waals surface area contributed by atoms with E-state index in [4.69, 9.17) is 0 Å². The summed E-state index contributed by atoms with van der Waals surface area (Å²) in [6.07, 6.45) is 2.86. The van der Waals surface area contributed by atoms with E-state index in [0.717, 1.165) is 37.9 Å². The summed E-state index contributed by atoms with van der Waals surface area (Å²) in [6.45, 7) is 1.45. The molecule has 0 bridgehead atoms. The number of aryl methyl sites for hydroxylation is 1. The molecule has 1 fully saturated rings. The monoisotopic (exact) mass is 393 g/mol. The van der Waals surface area contributed by atoms with E-state index in [1.54, 1.807) is 6.33 Å². The molecular formula is C17H18F3N7O. The predicted octanol–water partition coefficient (Wildman–Crippen LogP) is 2.56. The number of carbonyl (C=O) groups excluding carboxylic acids is 1. The van der Waals surface area contributed by atoms with E-state index in [9.17, 15) is 18.0 Å². The van der Waals surface area contributed by atoms with Gasteiger partial charge in [-0.2, -0.15) is 23.4 Å². The van der Waals surface area contributed by atoms with Crippen LogP contribution in [-0.4, -0.2) is 41.3 Å². The summed E-state index contributed by atoms with van der Waals surface area (Å²) in [5, 5.41) is 10.8. The van der Waals surface area contributed by atoms with E-state index in [1.165, 1.54) is 13.3 Å². The zero-order chi connectivity index (χ0) is 19.9. The molecule has 3 aromatic heterocycles. The summed E-state index contributed by atoms with van der Waals surface area (Å²) in [5.74, 6) is -0.467. The first kappa shape index (κ1) is 18.4. The molecule has 3 heterocycles. The minimum Gasteiger partial charge on any atom is -0.349 e. The number of alkyl halides is 3. The first-order valence-electron chi connectivity index (χ1n) is 8.90. The SMILES string of the molecule is Cc1cc(C(F)(F)F)n2ncc(C(=O)NC3CCC(n4cncn4)CC3)c2n1. The van der Waals surface area contributed by atoms with Gasteiger partial charge < -0.3 is 5.32 Å². The lowest BCUT2D eigenvalue weighted by atomic mass is 9.91. The zero-order valence-electron chi connectivity index (χ0n) is 15.0. The molecule has 0 saturated heterocycles. The highest BCUT2D eigenvalue weighted by Crippen LogP contribution is 2.31. The lowest BCUT2D eigenvalue weighted by Gasteiger charge is -2.28. The molecule has 148 valence electrons. The number of amides is 1. The standard InChI is InChI=1S/C17H18F3N7O/c1-10-6-14(17(18,19)20)27-15(24-10)13(7-22-27)16(28)25-11-2-4-12(5-3-11)26-9-21-8-23-26/h6-9,11-12H,2-5H2,1H3,(H,25,28). The fraction of sp³-hybridized carbons (Fsp3) is 0.471. The van der Waals surface area contributed by atoms with Gasteiger partial charge in [-0.1, -0.05) is 0 Å². The van der Waals surface area contributed by atoms with Gasteiger partial charge in [0.05, 0.1) is 12.2 Å². The Morgan fingerprint density at radius 1 is 1.21 bits per heavy atom. The molecule has 28 heavy (non-hydrogen) atoms. The van der Waals surface area contributed by atoms with Crippen LogP contribution in [0.1, 0.15) is 53.5 Å². The van der Waals surface area contributed by atoms with Crippen molar-refractivity contribution < 1.29 is 18.0 Å². The molecule has 1 amide bonds. The second-order valence-electron chi connectivity index (χ2n) is 6.93. The first-order valence-corrected chi connectivity index (χ1v) is 8.90. The smallest absolute Gasteiger partial charge is 0.349 e. The van der Waals surface area contributed by atoms with Crippen molar-refractivity contribution in [2.75, 3.05) is 0 Å². The quantitative estimate of drug-likeness (QED) is 0.739. The van der Waals surface area contributed by atoms with Crippen LogP contribution in [-0.2, 0) is 6.18 Å². The Balaban J connectivity index is 1.50. The van der Waals surface area contributed by atoms with Crippen LogP contribution < -0.4 is 5.32 Å². The molecule has 8 nitrogen and oxygen atoms in total. The van der Waals surface area contributed by atoms with Crippen molar-refractivity contribution in [3.63, 3.8) is 0 Å². The molecule has 1 N–H and O–H groups in total. The van der Waals surface area contributed by atoms with Crippen LogP contribution in [0, 0.1) is 6.92 Å². The van der Waals surface area contributed by atoms with Gasteiger partial charge >= 0.3 is 6.18 Å². The maximum atomic E-state index is 13.2. The van der Waals surface area contributed by atoms with Gasteiger partial charge in [0, 0.05) is 11.7 Å². The molecule has 1 aliphatic rings. The van der Waals surface area contributed by atoms with Crippen LogP contribution in [0.5, 0.6) is 0 Å². The van der Waals surface area contributed by atoms with Crippen molar-refractivity contribution in [3.05, 3.63) is 41.9 Å². The number of aromatic nitrogens is 6. The van der Waals surface area contributed by atoms with E-state index in [0.29, 0.717) is 4.52 Å². The van der Waals surface area contributed by atoms with E-state index >= 15 is 0 Å². The first-order chi connectivity index (χ1) is 13.3. The molecular weight excluding hydrogens is 375 g/mol. The van der Waals surface area contributed by atoms with Gasteiger partial charge in [0.15, 0.2) is 5.65 Å². The Labute approximate surface area is 157 Å². The minimum atomic E-state index is -4.59. The third kappa shape index (κ3) is 3.43. The van der Waals surface area contributed by atoms with Gasteiger partial charge in [0.2, 0.25) is 0 Å². The highest BCUT2D eigenvalue weighted by molar-refractivity contribution is 5.99. The van der Waals surface area contributed by atoms with Gasteiger partial charge in [-0.05, 0) is 38.7 Å². The highest BCUT2D eigenvalue weighted by atomic mass is 19.4. The molecule has 1 aliphatic carbocycles. The molecule has 0 aromatic carbocycles. The van der Waals surface area contributed by atoms with Crippen LogP contribution in [0.25, 0.3) is 5.65 Å². The van der Waals surface area contributed by atoms with Crippen molar-refractivity contribution in [2.45, 2.75) is 50.9 Å². The van der Waals surface area contributed by atoms with Crippen molar-refractivity contribution in [1.82, 2.24) is 34.7 Å². The van der Waals surface area contributed by atoms with Crippen LogP contribution in [0.4, 0.5) is 13.2 Å². The summed E-state index contributed by atoms with van der Waals surface area (Å²) in [4.78, 5) is 20.7. The number of nitrogens with zero attached hydrogens (tertiary/aromatic N) is 6. The summed E-state index contributed by atoms with van der Waals surface area (Å²) in [7, 11) is 0. The largest absolute Gasteiger partial charge is 0.433 e. The maximum Gasteiger partial charge on any atom is 0.433 e. The number of halogens is 3. The predicted molar refractivity (Wildman–Crippen MR) is 91.5 cm³/mol. The van der Waals surface area contributed by atoms with Gasteiger partial charge in [-0.15, -0.1) is 0 Å². The third-order valence-electron chi connectivity index (χ3n) is 4.98. The summed E-state index contributed by atoms with van der Waals surface area (Å²) < 4.78 is 42.2. The van der Waals surface area contributed by atoms with Gasteiger partial charge in [0.25, 0.3) is 5.91 Å². The number of hydrogen-bond acceptors (Lipinski definition) is 5. The van der Waals surface area contributed by atoms with Crippen molar-refractivity contribution in [1.29, 1.82) is 0 Å². The maximum absolute atomic E-state index is 13.2. The molecule has 1 saturated carbocycles. The number of nitrogens with one attached hydrogen (secondary N) is 1. The Morgan fingerprint density at radius 2 is 1.96 bits per heavy atom. The van der Waals surface area contributed by atoms with Crippen molar-refractivity contribution in [3.8, 4) is 0 Å². The van der Waals surface area contributed by atoms with Crippen LogP contribution in [0.3, 0.4) is 0 Å². The van der Waals surface area contributed by atoms with Crippen LogP contribution >= 0.6 is 0 Å². The summed E-state index contributed by atoms with van der Waals surface area (Å²) in [6, 6.07) is 1.09. The number of hydrogen-bond donors (Lipinski definition) is 1. The normalized spacial score (nSPS) is 20.4. The Bertz CT molecular complexity index is 988. The number of fused-ring (bicyclic) bond motifs is 1. The Hall–Kier alpha value is -2.98. The lowest BCUT2D eigenvalue weighted by molar-refractivity contribution is -0.142. The second kappa shape index (κ2) is 6.88. The molecule has 11 heteroatoms. The summed E-state index contributed by atoms with van der Waals surface area (Å²) >= 11 is 0. The topological polar surface area (TPSA) is 90.0 Å². The zero-order valence-corrected chi connectivity index (χ0v) is 15.0. The minimum absolute atomic E-state index is 0.0348. The molecule has 0 aliphatic heterocycles. The highest BCUT2D eigenvalue weighted by Gasteiger charge is 2.35. The fourth-order valence-electron chi connectivity index (χ4n) is 3.60. The van der Waals surface area contributed by atoms with Gasteiger partial charge in [-0.25, -0.2) is 19.2 Å². The van der Waals surface area contributed by atoms with E-state index in [-0.39, 0.29) is 29.0 Å². The average molecular weight is 393 g/mol. The van der Waals surface area contributed by atoms with Crippen molar-refractivity contribution in [2.24, 2.45) is 0 Å². The Kier molecular flexibility index (Phi) is 4.52. The molecule has 0 radical (unpaired) electrons. The van der Waals surface area contributed by atoms with Crippen molar-refractivity contribution >= 4 is 11.6 Å². The average Bonchev–Trinajstić information content (AvgIpc) is 3.30. The van der Waals surface area contributed by atoms with Gasteiger partial charge in [0.1, 0.15) is 23.9 Å². The molecule has 0 atom stereocenters. The lowest BCUT2D eigenvalue weighted by Crippen LogP contribution is -2.38. The van der Waals surface area contributed by atoms with Crippen LogP contribution in [0.15, 0.2) is 24.9 Å². The molecule has 0 spiro atoms. The Morgan fingerprint density at radius 3 is 2.61 bits per heavy atom.